The summed E-state index contributed by atoms with van der Waals surface area (Å²) in [5, 5.41) is 4.93. The highest BCUT2D eigenvalue weighted by molar-refractivity contribution is 6.01. The molecule has 1 fully saturated rings. The number of nitrogens with zero attached hydrogens (tertiary/aromatic N) is 3. The number of hydrogen-bond donors (Lipinski definition) is 0. The molecule has 0 bridgehead atoms. The zero-order chi connectivity index (χ0) is 23.8. The maximum absolute atomic E-state index is 13.3. The summed E-state index contributed by atoms with van der Waals surface area (Å²) in [4.78, 5) is 29.8. The van der Waals surface area contributed by atoms with Crippen LogP contribution in [0, 0.1) is 0 Å². The normalized spacial score (nSPS) is 17.4. The SMILES string of the molecule is O=C(c1ccc2noc(-c3ccccc3)c2c1)N1CCN(C(=O)[C@H]2COc3ccccc3O2)CC1. The van der Waals surface area contributed by atoms with Crippen molar-refractivity contribution in [2.24, 2.45) is 0 Å². The Hall–Kier alpha value is -4.33. The summed E-state index contributed by atoms with van der Waals surface area (Å²) in [6.07, 6.45) is -0.681. The van der Waals surface area contributed by atoms with E-state index >= 15 is 0 Å². The number of para-hydroxylation sites is 2. The number of hydrogen-bond acceptors (Lipinski definition) is 6. The van der Waals surface area contributed by atoms with E-state index in [2.05, 4.69) is 5.16 Å². The van der Waals surface area contributed by atoms with Gasteiger partial charge in [0.2, 0.25) is 6.10 Å². The predicted molar refractivity (Wildman–Crippen MR) is 128 cm³/mol. The fourth-order valence-corrected chi connectivity index (χ4v) is 4.53. The van der Waals surface area contributed by atoms with Crippen molar-refractivity contribution < 1.29 is 23.6 Å². The molecule has 0 spiro atoms. The maximum atomic E-state index is 13.3. The van der Waals surface area contributed by atoms with Gasteiger partial charge in [-0.15, -0.1) is 0 Å². The van der Waals surface area contributed by atoms with Crippen LogP contribution in [-0.2, 0) is 4.79 Å². The zero-order valence-electron chi connectivity index (χ0n) is 18.9. The summed E-state index contributed by atoms with van der Waals surface area (Å²) in [7, 11) is 0. The predicted octanol–water partition coefficient (Wildman–Crippen LogP) is 3.62. The van der Waals surface area contributed by atoms with Crippen LogP contribution in [0.25, 0.3) is 22.2 Å². The lowest BCUT2D eigenvalue weighted by molar-refractivity contribution is -0.142. The van der Waals surface area contributed by atoms with E-state index < -0.39 is 6.10 Å². The molecule has 4 aromatic rings. The largest absolute Gasteiger partial charge is 0.485 e. The number of aromatic nitrogens is 1. The molecule has 3 aromatic carbocycles. The van der Waals surface area contributed by atoms with Crippen LogP contribution in [0.2, 0.25) is 0 Å². The van der Waals surface area contributed by atoms with E-state index in [-0.39, 0.29) is 18.4 Å². The molecule has 0 saturated carbocycles. The van der Waals surface area contributed by atoms with E-state index in [9.17, 15) is 9.59 Å². The molecule has 8 heteroatoms. The first-order valence-electron chi connectivity index (χ1n) is 11.6. The molecule has 2 aliphatic rings. The zero-order valence-corrected chi connectivity index (χ0v) is 18.9. The van der Waals surface area contributed by atoms with Gasteiger partial charge >= 0.3 is 0 Å². The van der Waals surface area contributed by atoms with Gasteiger partial charge in [0.25, 0.3) is 11.8 Å². The lowest BCUT2D eigenvalue weighted by Gasteiger charge is -2.37. The number of benzene rings is 3. The highest BCUT2D eigenvalue weighted by atomic mass is 16.6. The first-order chi connectivity index (χ1) is 17.2. The van der Waals surface area contributed by atoms with Gasteiger partial charge in [0.05, 0.1) is 5.39 Å². The average Bonchev–Trinajstić information content (AvgIpc) is 3.36. The van der Waals surface area contributed by atoms with Crippen LogP contribution in [0.1, 0.15) is 10.4 Å². The number of ether oxygens (including phenoxy) is 2. The first-order valence-corrected chi connectivity index (χ1v) is 11.6. The van der Waals surface area contributed by atoms with Gasteiger partial charge in [-0.2, -0.15) is 0 Å². The third kappa shape index (κ3) is 3.97. The summed E-state index contributed by atoms with van der Waals surface area (Å²) in [6, 6.07) is 22.4. The third-order valence-corrected chi connectivity index (χ3v) is 6.42. The van der Waals surface area contributed by atoms with Crippen LogP contribution >= 0.6 is 0 Å². The van der Waals surface area contributed by atoms with Gasteiger partial charge in [0.1, 0.15) is 12.1 Å². The number of rotatable bonds is 3. The summed E-state index contributed by atoms with van der Waals surface area (Å²) in [6.45, 7) is 1.95. The first kappa shape index (κ1) is 21.2. The van der Waals surface area contributed by atoms with Crippen LogP contribution in [0.15, 0.2) is 77.3 Å². The number of piperazine rings is 1. The molecule has 0 radical (unpaired) electrons. The van der Waals surface area contributed by atoms with E-state index in [1.54, 1.807) is 28.0 Å². The molecular weight excluding hydrogens is 446 g/mol. The van der Waals surface area contributed by atoms with Gasteiger partial charge in [0.15, 0.2) is 17.3 Å². The molecule has 1 aromatic heterocycles. The Balaban J connectivity index is 1.13. The molecule has 1 saturated heterocycles. The van der Waals surface area contributed by atoms with Gasteiger partial charge in [-0.3, -0.25) is 9.59 Å². The maximum Gasteiger partial charge on any atom is 0.267 e. The Morgan fingerprint density at radius 1 is 0.829 bits per heavy atom. The smallest absolute Gasteiger partial charge is 0.267 e. The van der Waals surface area contributed by atoms with E-state index in [0.717, 1.165) is 10.9 Å². The number of amides is 2. The highest BCUT2D eigenvalue weighted by Gasteiger charge is 2.33. The van der Waals surface area contributed by atoms with Crippen molar-refractivity contribution in [3.05, 3.63) is 78.4 Å². The Kier molecular flexibility index (Phi) is 5.33. The molecule has 2 amide bonds. The van der Waals surface area contributed by atoms with Gasteiger partial charge in [-0.1, -0.05) is 47.6 Å². The van der Waals surface area contributed by atoms with E-state index in [1.165, 1.54) is 0 Å². The van der Waals surface area contributed by atoms with Gasteiger partial charge in [-0.25, -0.2) is 0 Å². The van der Waals surface area contributed by atoms with Crippen molar-refractivity contribution in [3.8, 4) is 22.8 Å². The fraction of sp³-hybridized carbons (Fsp3) is 0.222. The lowest BCUT2D eigenvalue weighted by atomic mass is 10.1. The van der Waals surface area contributed by atoms with E-state index in [0.29, 0.717) is 54.5 Å². The minimum absolute atomic E-state index is 0.0783. The second-order valence-corrected chi connectivity index (χ2v) is 8.59. The van der Waals surface area contributed by atoms with Gasteiger partial charge in [-0.05, 0) is 30.3 Å². The molecule has 2 aliphatic heterocycles. The quantitative estimate of drug-likeness (QED) is 0.456. The highest BCUT2D eigenvalue weighted by Crippen LogP contribution is 2.32. The minimum atomic E-state index is -0.681. The Morgan fingerprint density at radius 2 is 1.54 bits per heavy atom. The molecule has 0 N–H and O–H groups in total. The van der Waals surface area contributed by atoms with Crippen LogP contribution in [-0.4, -0.2) is 65.7 Å². The Labute approximate surface area is 201 Å². The van der Waals surface area contributed by atoms with Crippen LogP contribution in [0.3, 0.4) is 0 Å². The number of fused-ring (bicyclic) bond motifs is 2. The van der Waals surface area contributed by atoms with Crippen molar-refractivity contribution in [1.82, 2.24) is 15.0 Å². The third-order valence-electron chi connectivity index (χ3n) is 6.42. The van der Waals surface area contributed by atoms with Crippen LogP contribution < -0.4 is 9.47 Å². The summed E-state index contributed by atoms with van der Waals surface area (Å²) in [5.74, 6) is 1.66. The fourth-order valence-electron chi connectivity index (χ4n) is 4.53. The molecule has 6 rings (SSSR count). The number of carbonyl (C=O) groups is 2. The molecule has 8 nitrogen and oxygen atoms in total. The number of carbonyl (C=O) groups excluding carboxylic acids is 2. The van der Waals surface area contributed by atoms with Crippen molar-refractivity contribution in [1.29, 1.82) is 0 Å². The molecule has 0 aliphatic carbocycles. The molecule has 3 heterocycles. The molecule has 0 unspecified atom stereocenters. The minimum Gasteiger partial charge on any atom is -0.485 e. The van der Waals surface area contributed by atoms with Crippen LogP contribution in [0.4, 0.5) is 0 Å². The monoisotopic (exact) mass is 469 g/mol. The van der Waals surface area contributed by atoms with E-state index in [4.69, 9.17) is 14.0 Å². The van der Waals surface area contributed by atoms with Gasteiger partial charge < -0.3 is 23.8 Å². The standard InChI is InChI=1S/C27H23N3O5/c31-26(19-10-11-21-20(16-19)25(35-28-21)18-6-2-1-3-7-18)29-12-14-30(15-13-29)27(32)24-17-33-22-8-4-5-9-23(22)34-24/h1-11,16,24H,12-15,17H2/t24-/m1/s1. The van der Waals surface area contributed by atoms with Gasteiger partial charge in [0, 0.05) is 37.3 Å². The second kappa shape index (κ2) is 8.79. The van der Waals surface area contributed by atoms with Crippen molar-refractivity contribution in [2.45, 2.75) is 6.10 Å². The Bertz CT molecular complexity index is 1390. The molecular formula is C27H23N3O5. The van der Waals surface area contributed by atoms with Crippen molar-refractivity contribution >= 4 is 22.7 Å². The molecule has 35 heavy (non-hydrogen) atoms. The molecule has 176 valence electrons. The summed E-state index contributed by atoms with van der Waals surface area (Å²) in [5.41, 5.74) is 2.17. The van der Waals surface area contributed by atoms with E-state index in [1.807, 2.05) is 54.6 Å². The lowest BCUT2D eigenvalue weighted by Crippen LogP contribution is -2.55. The summed E-state index contributed by atoms with van der Waals surface area (Å²) >= 11 is 0. The van der Waals surface area contributed by atoms with Crippen molar-refractivity contribution in [3.63, 3.8) is 0 Å². The second-order valence-electron chi connectivity index (χ2n) is 8.59. The van der Waals surface area contributed by atoms with Crippen molar-refractivity contribution in [2.75, 3.05) is 32.8 Å². The Morgan fingerprint density at radius 3 is 2.34 bits per heavy atom. The summed E-state index contributed by atoms with van der Waals surface area (Å²) < 4.78 is 17.1. The molecule has 1 atom stereocenters. The topological polar surface area (TPSA) is 85.1 Å². The average molecular weight is 469 g/mol. The van der Waals surface area contributed by atoms with Crippen LogP contribution in [0.5, 0.6) is 11.5 Å².